The standard InChI is InChI=1S/C24H40N6/c1-17-9-18(2)12-27(11-17)15-23-25-26-24(16-28-13-19(3)10-20(4)14-28)30(23)29-21(5)7-8-22(29)6/h7-8,17-20H,9-16H2,1-6H3. The van der Waals surface area contributed by atoms with E-state index >= 15 is 0 Å². The van der Waals surface area contributed by atoms with Gasteiger partial charge in [-0.2, -0.15) is 0 Å². The van der Waals surface area contributed by atoms with Crippen LogP contribution in [0.2, 0.25) is 0 Å². The van der Waals surface area contributed by atoms with E-state index in [0.29, 0.717) is 0 Å². The van der Waals surface area contributed by atoms with E-state index in [1.807, 2.05) is 0 Å². The Morgan fingerprint density at radius 3 is 1.40 bits per heavy atom. The molecule has 4 heterocycles. The molecular formula is C24H40N6. The lowest BCUT2D eigenvalue weighted by molar-refractivity contribution is 0.125. The fourth-order valence-corrected chi connectivity index (χ4v) is 6.00. The molecule has 4 unspecified atom stereocenters. The van der Waals surface area contributed by atoms with E-state index < -0.39 is 0 Å². The first-order valence-electron chi connectivity index (χ1n) is 11.8. The van der Waals surface area contributed by atoms with Gasteiger partial charge in [0.25, 0.3) is 0 Å². The lowest BCUT2D eigenvalue weighted by Crippen LogP contribution is -2.40. The summed E-state index contributed by atoms with van der Waals surface area (Å²) in [5.74, 6) is 5.11. The van der Waals surface area contributed by atoms with E-state index in [1.165, 1.54) is 24.2 Å². The number of likely N-dealkylation sites (tertiary alicyclic amines) is 2. The van der Waals surface area contributed by atoms with Crippen molar-refractivity contribution < 1.29 is 0 Å². The molecule has 0 radical (unpaired) electrons. The van der Waals surface area contributed by atoms with Crippen LogP contribution in [0.3, 0.4) is 0 Å². The van der Waals surface area contributed by atoms with Crippen LogP contribution in [0.15, 0.2) is 12.1 Å². The van der Waals surface area contributed by atoms with Crippen LogP contribution < -0.4 is 0 Å². The average molecular weight is 413 g/mol. The van der Waals surface area contributed by atoms with Gasteiger partial charge in [0, 0.05) is 37.6 Å². The Bertz CT molecular complexity index is 767. The summed E-state index contributed by atoms with van der Waals surface area (Å²) in [5.41, 5.74) is 2.46. The molecule has 2 fully saturated rings. The molecule has 4 atom stereocenters. The summed E-state index contributed by atoms with van der Waals surface area (Å²) in [6.07, 6.45) is 2.66. The summed E-state index contributed by atoms with van der Waals surface area (Å²) in [4.78, 5) is 5.14. The fraction of sp³-hybridized carbons (Fsp3) is 0.750. The smallest absolute Gasteiger partial charge is 0.167 e. The summed E-state index contributed by atoms with van der Waals surface area (Å²) in [6, 6.07) is 4.39. The Kier molecular flexibility index (Phi) is 6.35. The van der Waals surface area contributed by atoms with Crippen LogP contribution in [0.25, 0.3) is 0 Å². The van der Waals surface area contributed by atoms with Crippen molar-refractivity contribution in [1.82, 2.24) is 29.3 Å². The molecule has 4 rings (SSSR count). The van der Waals surface area contributed by atoms with Crippen LogP contribution in [0, 0.1) is 37.5 Å². The van der Waals surface area contributed by atoms with Crippen molar-refractivity contribution in [3.8, 4) is 0 Å². The quantitative estimate of drug-likeness (QED) is 0.745. The van der Waals surface area contributed by atoms with Gasteiger partial charge in [0.05, 0.1) is 13.1 Å². The third kappa shape index (κ3) is 4.65. The van der Waals surface area contributed by atoms with Crippen molar-refractivity contribution in [2.24, 2.45) is 23.7 Å². The summed E-state index contributed by atoms with van der Waals surface area (Å²) >= 11 is 0. The molecule has 6 nitrogen and oxygen atoms in total. The van der Waals surface area contributed by atoms with Crippen molar-refractivity contribution in [1.29, 1.82) is 0 Å². The monoisotopic (exact) mass is 412 g/mol. The molecule has 0 spiro atoms. The SMILES string of the molecule is Cc1ccc(C)n1-n1c(CN2CC(C)CC(C)C2)nnc1CN1CC(C)CC(C)C1. The molecule has 0 aliphatic carbocycles. The van der Waals surface area contributed by atoms with Gasteiger partial charge >= 0.3 is 0 Å². The molecule has 0 aromatic carbocycles. The van der Waals surface area contributed by atoms with Gasteiger partial charge < -0.3 is 0 Å². The molecule has 2 aliphatic heterocycles. The first-order valence-corrected chi connectivity index (χ1v) is 11.8. The predicted octanol–water partition coefficient (Wildman–Crippen LogP) is 3.96. The third-order valence-corrected chi connectivity index (χ3v) is 6.82. The lowest BCUT2D eigenvalue weighted by Gasteiger charge is -2.35. The maximum atomic E-state index is 4.73. The van der Waals surface area contributed by atoms with E-state index in [4.69, 9.17) is 10.2 Å². The van der Waals surface area contributed by atoms with Crippen molar-refractivity contribution >= 4 is 0 Å². The zero-order valence-corrected chi connectivity index (χ0v) is 19.8. The van der Waals surface area contributed by atoms with Crippen LogP contribution in [0.1, 0.15) is 63.6 Å². The molecule has 2 aromatic rings. The molecule has 2 aliphatic rings. The van der Waals surface area contributed by atoms with Gasteiger partial charge in [-0.3, -0.25) is 14.5 Å². The third-order valence-electron chi connectivity index (χ3n) is 6.82. The minimum absolute atomic E-state index is 0.746. The van der Waals surface area contributed by atoms with Crippen molar-refractivity contribution in [3.63, 3.8) is 0 Å². The van der Waals surface area contributed by atoms with E-state index in [-0.39, 0.29) is 0 Å². The fourth-order valence-electron chi connectivity index (χ4n) is 6.00. The van der Waals surface area contributed by atoms with Crippen molar-refractivity contribution in [2.75, 3.05) is 26.2 Å². The summed E-state index contributed by atoms with van der Waals surface area (Å²) in [6.45, 7) is 20.2. The predicted molar refractivity (Wildman–Crippen MR) is 121 cm³/mol. The first kappa shape index (κ1) is 21.6. The second-order valence-electron chi connectivity index (χ2n) is 10.6. The highest BCUT2D eigenvalue weighted by atomic mass is 15.5. The maximum absolute atomic E-state index is 4.73. The molecule has 0 bridgehead atoms. The molecule has 2 aromatic heterocycles. The number of hydrogen-bond donors (Lipinski definition) is 0. The number of rotatable bonds is 5. The highest BCUT2D eigenvalue weighted by Gasteiger charge is 2.27. The number of piperidine rings is 2. The summed E-state index contributed by atoms with van der Waals surface area (Å²) in [5, 5.41) is 9.45. The molecular weight excluding hydrogens is 372 g/mol. The lowest BCUT2D eigenvalue weighted by atomic mass is 9.92. The van der Waals surface area contributed by atoms with Crippen LogP contribution >= 0.6 is 0 Å². The van der Waals surface area contributed by atoms with E-state index in [0.717, 1.165) is 74.6 Å². The molecule has 0 saturated carbocycles. The van der Waals surface area contributed by atoms with Gasteiger partial charge in [0.15, 0.2) is 11.6 Å². The Morgan fingerprint density at radius 1 is 0.667 bits per heavy atom. The minimum Gasteiger partial charge on any atom is -0.295 e. The zero-order valence-electron chi connectivity index (χ0n) is 19.8. The molecule has 0 N–H and O–H groups in total. The normalized spacial score (nSPS) is 28.9. The zero-order chi connectivity index (χ0) is 21.4. The Labute approximate surface area is 182 Å². The van der Waals surface area contributed by atoms with Crippen molar-refractivity contribution in [2.45, 2.75) is 67.5 Å². The maximum Gasteiger partial charge on any atom is 0.167 e. The second kappa shape index (κ2) is 8.83. The van der Waals surface area contributed by atoms with Crippen LogP contribution in [0.4, 0.5) is 0 Å². The summed E-state index contributed by atoms with van der Waals surface area (Å²) in [7, 11) is 0. The van der Waals surface area contributed by atoms with E-state index in [2.05, 4.69) is 72.8 Å². The Morgan fingerprint density at radius 2 is 1.03 bits per heavy atom. The van der Waals surface area contributed by atoms with Gasteiger partial charge in [0.1, 0.15) is 0 Å². The van der Waals surface area contributed by atoms with Crippen molar-refractivity contribution in [3.05, 3.63) is 35.2 Å². The molecule has 2 saturated heterocycles. The van der Waals surface area contributed by atoms with Gasteiger partial charge in [0.2, 0.25) is 0 Å². The van der Waals surface area contributed by atoms with Gasteiger partial charge in [-0.25, -0.2) is 4.68 Å². The minimum atomic E-state index is 0.746. The molecule has 0 amide bonds. The number of hydrogen-bond acceptors (Lipinski definition) is 4. The average Bonchev–Trinajstić information content (AvgIpc) is 3.15. The largest absolute Gasteiger partial charge is 0.295 e. The van der Waals surface area contributed by atoms with Gasteiger partial charge in [-0.15, -0.1) is 10.2 Å². The van der Waals surface area contributed by atoms with E-state index in [9.17, 15) is 0 Å². The Balaban J connectivity index is 1.64. The van der Waals surface area contributed by atoms with Crippen LogP contribution in [-0.4, -0.2) is 55.5 Å². The second-order valence-corrected chi connectivity index (χ2v) is 10.6. The van der Waals surface area contributed by atoms with Gasteiger partial charge in [-0.1, -0.05) is 27.7 Å². The molecule has 30 heavy (non-hydrogen) atoms. The van der Waals surface area contributed by atoms with E-state index in [1.54, 1.807) is 0 Å². The topological polar surface area (TPSA) is 42.1 Å². The Hall–Kier alpha value is -1.66. The van der Waals surface area contributed by atoms with Crippen LogP contribution in [0.5, 0.6) is 0 Å². The number of aryl methyl sites for hydroxylation is 2. The number of nitrogens with zero attached hydrogens (tertiary/aromatic N) is 6. The summed E-state index contributed by atoms with van der Waals surface area (Å²) < 4.78 is 4.61. The molecule has 6 heteroatoms. The highest BCUT2D eigenvalue weighted by molar-refractivity contribution is 5.16. The number of aromatic nitrogens is 4. The van der Waals surface area contributed by atoms with Crippen LogP contribution in [-0.2, 0) is 13.1 Å². The van der Waals surface area contributed by atoms with Gasteiger partial charge in [-0.05, 0) is 62.5 Å². The molecule has 166 valence electrons. The first-order chi connectivity index (χ1) is 14.3. The highest BCUT2D eigenvalue weighted by Crippen LogP contribution is 2.25.